The predicted octanol–water partition coefficient (Wildman–Crippen LogP) is 4.11. The molecule has 4 aliphatic heterocycles. The molecule has 2 amide bonds. The van der Waals surface area contributed by atoms with Gasteiger partial charge in [0.05, 0.1) is 59.4 Å². The number of fused-ring (bicyclic) bond motifs is 4. The fourth-order valence-corrected chi connectivity index (χ4v) is 8.97. The molecule has 4 N–H and O–H groups in total. The van der Waals surface area contributed by atoms with Crippen molar-refractivity contribution in [1.82, 2.24) is 39.0 Å². The molecule has 2 atom stereocenters. The summed E-state index contributed by atoms with van der Waals surface area (Å²) in [5.41, 5.74) is 3.68. The Morgan fingerprint density at radius 2 is 1.04 bits per heavy atom. The number of rotatable bonds is 10. The van der Waals surface area contributed by atoms with E-state index < -0.39 is 24.1 Å². The summed E-state index contributed by atoms with van der Waals surface area (Å²) in [6, 6.07) is 10.8. The zero-order valence-corrected chi connectivity index (χ0v) is 37.5. The van der Waals surface area contributed by atoms with Gasteiger partial charge in [0.1, 0.15) is 35.8 Å². The van der Waals surface area contributed by atoms with E-state index in [1.807, 2.05) is 24.3 Å². The summed E-state index contributed by atoms with van der Waals surface area (Å²) in [7, 11) is 0. The van der Waals surface area contributed by atoms with Gasteiger partial charge < -0.3 is 40.1 Å². The Hall–Kier alpha value is -6.62. The third-order valence-corrected chi connectivity index (χ3v) is 12.3. The molecule has 4 aliphatic rings. The quantitative estimate of drug-likeness (QED) is 0.144. The standard InChI is InChI=1S/2C23H26F2N6O3/c2*1-23(33)11-15-9-17(28-22(32)16-12-27-31-4-2-3-26-21(16)31)18(10-19(15)34-14-23)30-7-5-29(6-8-30)13-20(24)25/h2*2-4,9-10,12,20,33H,5-8,11,13-14H2,1H3,(H,28,32)/t2*23-/m10/s1. The normalized spacial score (nSPS) is 20.9. The number of nitrogens with zero attached hydrogens (tertiary/aromatic N) is 10. The van der Waals surface area contributed by atoms with Crippen LogP contribution in [0.3, 0.4) is 0 Å². The molecule has 18 nitrogen and oxygen atoms in total. The van der Waals surface area contributed by atoms with Crippen molar-refractivity contribution in [3.8, 4) is 11.5 Å². The van der Waals surface area contributed by atoms with Crippen molar-refractivity contribution < 1.29 is 46.8 Å². The number of benzene rings is 2. The summed E-state index contributed by atoms with van der Waals surface area (Å²) in [5, 5.41) is 35.3. The van der Waals surface area contributed by atoms with Crippen molar-refractivity contribution in [2.24, 2.45) is 0 Å². The molecule has 0 radical (unpaired) electrons. The molecule has 2 saturated heterocycles. The van der Waals surface area contributed by atoms with Crippen LogP contribution in [-0.2, 0) is 12.8 Å². The molecule has 4 aromatic heterocycles. The van der Waals surface area contributed by atoms with Crippen molar-refractivity contribution in [2.45, 2.75) is 50.7 Å². The average molecular weight is 945 g/mol. The van der Waals surface area contributed by atoms with Crippen LogP contribution in [0.2, 0.25) is 0 Å². The van der Waals surface area contributed by atoms with Gasteiger partial charge in [-0.3, -0.25) is 19.4 Å². The molecular weight excluding hydrogens is 893 g/mol. The molecule has 2 aromatic carbocycles. The molecule has 10 rings (SSSR count). The van der Waals surface area contributed by atoms with Crippen molar-refractivity contribution in [1.29, 1.82) is 0 Å². The van der Waals surface area contributed by atoms with Crippen LogP contribution in [-0.4, -0.2) is 164 Å². The molecule has 0 spiro atoms. The number of aromatic nitrogens is 6. The molecule has 2 fully saturated rings. The SMILES string of the molecule is C[C@@]1(O)COc2cc(N3CCN(CC(F)F)CC3)c(NC(=O)c3cnn4cccnc34)cc2C1.C[C@]1(O)COc2cc(N3CCN(CC(F)F)CC3)c(NC(=O)c3cnn4cccnc34)cc2C1. The molecule has 0 unspecified atom stereocenters. The first-order valence-electron chi connectivity index (χ1n) is 22.3. The van der Waals surface area contributed by atoms with Gasteiger partial charge in [-0.25, -0.2) is 36.6 Å². The van der Waals surface area contributed by atoms with E-state index in [9.17, 15) is 37.4 Å². The highest BCUT2D eigenvalue weighted by atomic mass is 19.3. The van der Waals surface area contributed by atoms with E-state index in [0.29, 0.717) is 110 Å². The van der Waals surface area contributed by atoms with Gasteiger partial charge in [0.15, 0.2) is 11.3 Å². The minimum absolute atomic E-state index is 0.168. The molecule has 0 aliphatic carbocycles. The van der Waals surface area contributed by atoms with E-state index in [1.54, 1.807) is 60.6 Å². The van der Waals surface area contributed by atoms with Gasteiger partial charge in [-0.05, 0) is 49.2 Å². The first kappa shape index (κ1) is 46.5. The van der Waals surface area contributed by atoms with Gasteiger partial charge in [0.25, 0.3) is 24.7 Å². The van der Waals surface area contributed by atoms with E-state index >= 15 is 0 Å². The predicted molar refractivity (Wildman–Crippen MR) is 244 cm³/mol. The number of carbonyl (C=O) groups is 2. The van der Waals surface area contributed by atoms with Crippen molar-refractivity contribution in [2.75, 3.05) is 99.1 Å². The Morgan fingerprint density at radius 1 is 0.647 bits per heavy atom. The summed E-state index contributed by atoms with van der Waals surface area (Å²) >= 11 is 0. The Balaban J connectivity index is 0.000000170. The molecule has 0 saturated carbocycles. The fraction of sp³-hybridized carbons (Fsp3) is 0.435. The Kier molecular flexibility index (Phi) is 13.1. The lowest BCUT2D eigenvalue weighted by Crippen LogP contribution is -2.48. The van der Waals surface area contributed by atoms with Crippen LogP contribution in [0.5, 0.6) is 11.5 Å². The third-order valence-electron chi connectivity index (χ3n) is 12.3. The number of amides is 2. The summed E-state index contributed by atoms with van der Waals surface area (Å²) in [6.45, 7) is 7.33. The lowest BCUT2D eigenvalue weighted by Gasteiger charge is -2.38. The minimum Gasteiger partial charge on any atom is -0.490 e. The second-order valence-electron chi connectivity index (χ2n) is 18.0. The van der Waals surface area contributed by atoms with E-state index in [0.717, 1.165) is 22.5 Å². The van der Waals surface area contributed by atoms with E-state index in [4.69, 9.17) is 9.47 Å². The maximum Gasteiger partial charge on any atom is 0.261 e. The molecule has 360 valence electrons. The topological polar surface area (TPSA) is 190 Å². The Labute approximate surface area is 388 Å². The Bertz CT molecular complexity index is 2600. The maximum absolute atomic E-state index is 13.2. The number of carbonyl (C=O) groups excluding carboxylic acids is 2. The van der Waals surface area contributed by atoms with Crippen LogP contribution in [0.1, 0.15) is 45.7 Å². The van der Waals surface area contributed by atoms with Crippen LogP contribution in [0.4, 0.5) is 40.3 Å². The highest BCUT2D eigenvalue weighted by molar-refractivity contribution is 6.10. The Morgan fingerprint density at radius 3 is 1.43 bits per heavy atom. The number of ether oxygens (including phenoxy) is 2. The number of alkyl halides is 4. The van der Waals surface area contributed by atoms with Crippen LogP contribution in [0.25, 0.3) is 11.3 Å². The first-order valence-corrected chi connectivity index (χ1v) is 22.3. The van der Waals surface area contributed by atoms with Gasteiger partial charge in [-0.15, -0.1) is 0 Å². The van der Waals surface area contributed by atoms with Gasteiger partial charge >= 0.3 is 0 Å². The summed E-state index contributed by atoms with van der Waals surface area (Å²) in [4.78, 5) is 42.5. The number of hydrogen-bond donors (Lipinski definition) is 4. The largest absolute Gasteiger partial charge is 0.490 e. The zero-order valence-electron chi connectivity index (χ0n) is 37.5. The van der Waals surface area contributed by atoms with E-state index in [1.165, 1.54) is 21.4 Å². The molecular formula is C46H52F4N12O6. The summed E-state index contributed by atoms with van der Waals surface area (Å²) in [6.07, 6.45) is 5.56. The van der Waals surface area contributed by atoms with Crippen LogP contribution >= 0.6 is 0 Å². The lowest BCUT2D eigenvalue weighted by molar-refractivity contribution is -0.000826. The van der Waals surface area contributed by atoms with Crippen molar-refractivity contribution >= 4 is 45.9 Å². The van der Waals surface area contributed by atoms with E-state index in [2.05, 4.69) is 40.6 Å². The van der Waals surface area contributed by atoms with Crippen LogP contribution < -0.4 is 29.9 Å². The second kappa shape index (κ2) is 19.2. The minimum atomic E-state index is -2.37. The highest BCUT2D eigenvalue weighted by Crippen LogP contribution is 2.41. The molecule has 22 heteroatoms. The molecule has 68 heavy (non-hydrogen) atoms. The van der Waals surface area contributed by atoms with Gasteiger partial charge in [0, 0.05) is 102 Å². The van der Waals surface area contributed by atoms with E-state index in [-0.39, 0.29) is 38.1 Å². The average Bonchev–Trinajstić information content (AvgIpc) is 3.94. The lowest BCUT2D eigenvalue weighted by atomic mass is 9.93. The van der Waals surface area contributed by atoms with Crippen molar-refractivity contribution in [3.63, 3.8) is 0 Å². The highest BCUT2D eigenvalue weighted by Gasteiger charge is 2.34. The third kappa shape index (κ3) is 10.4. The maximum atomic E-state index is 13.2. The number of hydrogen-bond acceptors (Lipinski definition) is 14. The smallest absolute Gasteiger partial charge is 0.261 e. The molecule has 6 aromatic rings. The monoisotopic (exact) mass is 944 g/mol. The number of aliphatic hydroxyl groups is 2. The van der Waals surface area contributed by atoms with Gasteiger partial charge in [-0.2, -0.15) is 10.2 Å². The van der Waals surface area contributed by atoms with Crippen LogP contribution in [0.15, 0.2) is 73.6 Å². The van der Waals surface area contributed by atoms with Crippen molar-refractivity contribution in [3.05, 3.63) is 95.8 Å². The first-order chi connectivity index (χ1) is 32.6. The number of nitrogens with one attached hydrogen (secondary N) is 2. The molecule has 0 bridgehead atoms. The second-order valence-corrected chi connectivity index (χ2v) is 18.0. The number of anilines is 4. The molecule has 8 heterocycles. The van der Waals surface area contributed by atoms with Gasteiger partial charge in [-0.1, -0.05) is 0 Å². The zero-order chi connectivity index (χ0) is 47.7. The van der Waals surface area contributed by atoms with Gasteiger partial charge in [0.2, 0.25) is 0 Å². The summed E-state index contributed by atoms with van der Waals surface area (Å²) in [5.74, 6) is 0.559. The van der Waals surface area contributed by atoms with Crippen LogP contribution in [0, 0.1) is 0 Å². The fourth-order valence-electron chi connectivity index (χ4n) is 8.97. The summed E-state index contributed by atoms with van der Waals surface area (Å²) < 4.78 is 65.8. The number of piperazine rings is 2. The number of halogens is 4.